The van der Waals surface area contributed by atoms with Crippen molar-refractivity contribution in [3.05, 3.63) is 65.0 Å². The molecule has 7 nitrogen and oxygen atoms in total. The van der Waals surface area contributed by atoms with Gasteiger partial charge in [-0.25, -0.2) is 4.98 Å². The lowest BCUT2D eigenvalue weighted by Crippen LogP contribution is -2.38. The van der Waals surface area contributed by atoms with Gasteiger partial charge in [0.1, 0.15) is 6.04 Å². The number of rotatable bonds is 5. The molecular weight excluding hydrogens is 356 g/mol. The maximum atomic E-state index is 13.2. The summed E-state index contributed by atoms with van der Waals surface area (Å²) in [7, 11) is 1.50. The van der Waals surface area contributed by atoms with E-state index in [2.05, 4.69) is 10.3 Å². The highest BCUT2D eigenvalue weighted by Gasteiger charge is 2.25. The van der Waals surface area contributed by atoms with Crippen molar-refractivity contribution in [2.45, 2.75) is 26.3 Å². The van der Waals surface area contributed by atoms with Gasteiger partial charge in [0.25, 0.3) is 5.56 Å². The predicted octanol–water partition coefficient (Wildman–Crippen LogP) is 2.97. The molecule has 0 aliphatic carbocycles. The number of anilines is 2. The van der Waals surface area contributed by atoms with Crippen LogP contribution in [0.4, 0.5) is 11.5 Å². The Labute approximate surface area is 162 Å². The molecule has 1 unspecified atom stereocenters. The number of amides is 2. The van der Waals surface area contributed by atoms with Crippen LogP contribution in [-0.4, -0.2) is 28.4 Å². The number of hydrogen-bond acceptors (Lipinski definition) is 4. The van der Waals surface area contributed by atoms with Crippen LogP contribution in [0.1, 0.15) is 26.3 Å². The molecule has 7 heteroatoms. The molecule has 1 atom stereocenters. The lowest BCUT2D eigenvalue weighted by molar-refractivity contribution is -0.119. The number of benzene rings is 2. The first-order valence-corrected chi connectivity index (χ1v) is 9.05. The van der Waals surface area contributed by atoms with Crippen LogP contribution >= 0.6 is 0 Å². The lowest BCUT2D eigenvalue weighted by atomic mass is 10.1. The molecule has 0 radical (unpaired) electrons. The van der Waals surface area contributed by atoms with Crippen LogP contribution in [0.15, 0.2) is 59.4 Å². The van der Waals surface area contributed by atoms with E-state index in [1.165, 1.54) is 23.4 Å². The number of nitrogens with one attached hydrogen (secondary N) is 1. The molecule has 0 saturated heterocycles. The van der Waals surface area contributed by atoms with E-state index in [4.69, 9.17) is 0 Å². The average molecular weight is 378 g/mol. The second kappa shape index (κ2) is 8.04. The molecule has 3 aromatic rings. The van der Waals surface area contributed by atoms with Crippen LogP contribution in [0.5, 0.6) is 0 Å². The van der Waals surface area contributed by atoms with E-state index in [-0.39, 0.29) is 17.6 Å². The van der Waals surface area contributed by atoms with Gasteiger partial charge in [0.05, 0.1) is 11.0 Å². The fraction of sp³-hybridized carbons (Fsp3) is 0.238. The van der Waals surface area contributed by atoms with E-state index in [1.54, 1.807) is 36.4 Å². The smallest absolute Gasteiger partial charge is 0.295 e. The summed E-state index contributed by atoms with van der Waals surface area (Å²) in [5.74, 6) is -0.617. The molecule has 0 bridgehead atoms. The zero-order chi connectivity index (χ0) is 20.3. The van der Waals surface area contributed by atoms with Crippen molar-refractivity contribution in [1.82, 2.24) is 9.55 Å². The van der Waals surface area contributed by atoms with Crippen LogP contribution in [-0.2, 0) is 9.59 Å². The summed E-state index contributed by atoms with van der Waals surface area (Å²) in [5.41, 5.74) is 1.25. The molecule has 2 amide bonds. The van der Waals surface area contributed by atoms with Crippen molar-refractivity contribution in [2.75, 3.05) is 17.3 Å². The second-order valence-corrected chi connectivity index (χ2v) is 6.46. The molecule has 3 rings (SSSR count). The van der Waals surface area contributed by atoms with Crippen molar-refractivity contribution in [1.29, 1.82) is 0 Å². The summed E-state index contributed by atoms with van der Waals surface area (Å²) >= 11 is 0. The number of para-hydroxylation sites is 3. The minimum Gasteiger partial charge on any atom is -0.324 e. The van der Waals surface area contributed by atoms with Gasteiger partial charge >= 0.3 is 0 Å². The van der Waals surface area contributed by atoms with Crippen LogP contribution in [0.25, 0.3) is 11.0 Å². The minimum atomic E-state index is -0.750. The predicted molar refractivity (Wildman–Crippen MR) is 109 cm³/mol. The summed E-state index contributed by atoms with van der Waals surface area (Å²) in [5, 5.41) is 2.86. The zero-order valence-electron chi connectivity index (χ0n) is 16.0. The maximum Gasteiger partial charge on any atom is 0.295 e. The molecule has 0 fully saturated rings. The molecule has 0 aliphatic rings. The lowest BCUT2D eigenvalue weighted by Gasteiger charge is -2.22. The largest absolute Gasteiger partial charge is 0.324 e. The normalized spacial score (nSPS) is 11.8. The SMILES string of the molecule is CCC(C(=O)Nc1ccccc1)n1c(=O)c(N(C)C(C)=O)nc2ccccc21. The van der Waals surface area contributed by atoms with Gasteiger partial charge in [-0.05, 0) is 30.7 Å². The monoisotopic (exact) mass is 378 g/mol. The fourth-order valence-electron chi connectivity index (χ4n) is 3.05. The molecule has 144 valence electrons. The number of nitrogens with zero attached hydrogens (tertiary/aromatic N) is 3. The zero-order valence-corrected chi connectivity index (χ0v) is 16.0. The molecule has 0 saturated carbocycles. The van der Waals surface area contributed by atoms with Gasteiger partial charge in [0.15, 0.2) is 0 Å². The number of aromatic nitrogens is 2. The first-order chi connectivity index (χ1) is 13.4. The van der Waals surface area contributed by atoms with E-state index < -0.39 is 11.6 Å². The van der Waals surface area contributed by atoms with E-state index in [9.17, 15) is 14.4 Å². The summed E-state index contributed by atoms with van der Waals surface area (Å²) in [4.78, 5) is 43.6. The van der Waals surface area contributed by atoms with Gasteiger partial charge in [0, 0.05) is 19.7 Å². The van der Waals surface area contributed by atoms with E-state index in [0.29, 0.717) is 23.1 Å². The van der Waals surface area contributed by atoms with E-state index >= 15 is 0 Å². The first-order valence-electron chi connectivity index (χ1n) is 9.05. The summed E-state index contributed by atoms with van der Waals surface area (Å²) in [6.07, 6.45) is 0.399. The van der Waals surface area contributed by atoms with Crippen molar-refractivity contribution in [3.8, 4) is 0 Å². The molecule has 0 aliphatic heterocycles. The van der Waals surface area contributed by atoms with Crippen molar-refractivity contribution in [2.24, 2.45) is 0 Å². The number of carbonyl (C=O) groups excluding carboxylic acids is 2. The van der Waals surface area contributed by atoms with Gasteiger partial charge in [-0.1, -0.05) is 37.3 Å². The Balaban J connectivity index is 2.16. The first kappa shape index (κ1) is 19.3. The van der Waals surface area contributed by atoms with E-state index in [1.807, 2.05) is 25.1 Å². The second-order valence-electron chi connectivity index (χ2n) is 6.46. The fourth-order valence-corrected chi connectivity index (χ4v) is 3.05. The summed E-state index contributed by atoms with van der Waals surface area (Å²) in [6, 6.07) is 15.4. The third-order valence-electron chi connectivity index (χ3n) is 4.61. The Hall–Kier alpha value is -3.48. The Kier molecular flexibility index (Phi) is 5.54. The summed E-state index contributed by atoms with van der Waals surface area (Å²) in [6.45, 7) is 3.20. The van der Waals surface area contributed by atoms with Gasteiger partial charge < -0.3 is 5.32 Å². The highest BCUT2D eigenvalue weighted by atomic mass is 16.2. The average Bonchev–Trinajstić information content (AvgIpc) is 2.70. The highest BCUT2D eigenvalue weighted by Crippen LogP contribution is 2.21. The number of carbonyl (C=O) groups is 2. The van der Waals surface area contributed by atoms with Crippen LogP contribution in [0.3, 0.4) is 0 Å². The maximum absolute atomic E-state index is 13.2. The number of hydrogen-bond donors (Lipinski definition) is 1. The van der Waals surface area contributed by atoms with Crippen LogP contribution in [0.2, 0.25) is 0 Å². The quantitative estimate of drug-likeness (QED) is 0.740. The standard InChI is InChI=1S/C21H22N4O3/c1-4-17(20(27)22-15-10-6-5-7-11-15)25-18-13-9-8-12-16(18)23-19(21(25)28)24(3)14(2)26/h5-13,17H,4H2,1-3H3,(H,22,27). The summed E-state index contributed by atoms with van der Waals surface area (Å²) < 4.78 is 1.43. The molecule has 1 aromatic heterocycles. The Morgan fingerprint density at radius 1 is 1.11 bits per heavy atom. The molecular formula is C21H22N4O3. The molecule has 28 heavy (non-hydrogen) atoms. The van der Waals surface area contributed by atoms with Gasteiger partial charge in [-0.15, -0.1) is 0 Å². The highest BCUT2D eigenvalue weighted by molar-refractivity contribution is 5.95. The molecule has 1 heterocycles. The van der Waals surface area contributed by atoms with Crippen molar-refractivity contribution >= 4 is 34.4 Å². The molecule has 1 N–H and O–H groups in total. The van der Waals surface area contributed by atoms with Crippen molar-refractivity contribution in [3.63, 3.8) is 0 Å². The van der Waals surface area contributed by atoms with E-state index in [0.717, 1.165) is 0 Å². The van der Waals surface area contributed by atoms with Gasteiger partial charge in [-0.3, -0.25) is 23.9 Å². The number of fused-ring (bicyclic) bond motifs is 1. The third kappa shape index (κ3) is 3.64. The third-order valence-corrected chi connectivity index (χ3v) is 4.61. The topological polar surface area (TPSA) is 84.3 Å². The molecule has 2 aromatic carbocycles. The molecule has 0 spiro atoms. The van der Waals surface area contributed by atoms with Gasteiger partial charge in [-0.2, -0.15) is 0 Å². The Bertz CT molecular complexity index is 1080. The Morgan fingerprint density at radius 3 is 2.39 bits per heavy atom. The Morgan fingerprint density at radius 2 is 1.75 bits per heavy atom. The van der Waals surface area contributed by atoms with Crippen LogP contribution < -0.4 is 15.8 Å². The minimum absolute atomic E-state index is 0.00263. The van der Waals surface area contributed by atoms with Crippen LogP contribution in [0, 0.1) is 0 Å². The van der Waals surface area contributed by atoms with Crippen molar-refractivity contribution < 1.29 is 9.59 Å². The van der Waals surface area contributed by atoms with Gasteiger partial charge in [0.2, 0.25) is 17.6 Å².